The van der Waals surface area contributed by atoms with Crippen molar-refractivity contribution in [3.8, 4) is 5.69 Å². The van der Waals surface area contributed by atoms with E-state index in [2.05, 4.69) is 15.2 Å². The quantitative estimate of drug-likeness (QED) is 0.525. The summed E-state index contributed by atoms with van der Waals surface area (Å²) in [6.45, 7) is 7.09. The van der Waals surface area contributed by atoms with E-state index in [4.69, 9.17) is 0 Å². The zero-order chi connectivity index (χ0) is 20.8. The topological polar surface area (TPSA) is 92.5 Å². The molecule has 9 nitrogen and oxygen atoms in total. The molecule has 0 saturated carbocycles. The molecule has 0 bridgehead atoms. The monoisotopic (exact) mass is 393 g/mol. The van der Waals surface area contributed by atoms with Gasteiger partial charge in [-0.25, -0.2) is 14.5 Å². The maximum Gasteiger partial charge on any atom is 0.332 e. The normalized spacial score (nSPS) is 12.0. The third kappa shape index (κ3) is 3.63. The minimum atomic E-state index is -0.347. The average molecular weight is 393 g/mol. The fourth-order valence-corrected chi connectivity index (χ4v) is 3.28. The van der Waals surface area contributed by atoms with Gasteiger partial charge < -0.3 is 0 Å². The first-order valence-corrected chi connectivity index (χ1v) is 9.34. The standard InChI is InChI=1S/C20H23N7O2/c1-20(2,3)11-26-17-16(18(28)24(4)19(26)29)10-25(23-17)9-14-5-7-15(8-6-14)27-13-21-12-22-27/h5-8,10,12-13H,9,11H2,1-4H3. The lowest BCUT2D eigenvalue weighted by atomic mass is 9.97. The molecule has 0 N–H and O–H groups in total. The number of fused-ring (bicyclic) bond motifs is 1. The van der Waals surface area contributed by atoms with E-state index in [1.54, 1.807) is 26.5 Å². The van der Waals surface area contributed by atoms with Gasteiger partial charge in [0.1, 0.15) is 18.0 Å². The minimum Gasteiger partial charge on any atom is -0.275 e. The number of nitrogens with zero attached hydrogens (tertiary/aromatic N) is 7. The zero-order valence-electron chi connectivity index (χ0n) is 16.9. The smallest absolute Gasteiger partial charge is 0.275 e. The predicted octanol–water partition coefficient (Wildman–Crippen LogP) is 1.57. The summed E-state index contributed by atoms with van der Waals surface area (Å²) in [6, 6.07) is 7.84. The van der Waals surface area contributed by atoms with Crippen LogP contribution in [-0.2, 0) is 20.1 Å². The third-order valence-corrected chi connectivity index (χ3v) is 4.65. The maximum absolute atomic E-state index is 12.7. The van der Waals surface area contributed by atoms with Crippen LogP contribution >= 0.6 is 0 Å². The molecule has 9 heteroatoms. The molecule has 0 radical (unpaired) electrons. The van der Waals surface area contributed by atoms with E-state index >= 15 is 0 Å². The summed E-state index contributed by atoms with van der Waals surface area (Å²) in [5.41, 5.74) is 1.54. The van der Waals surface area contributed by atoms with Gasteiger partial charge in [-0.1, -0.05) is 32.9 Å². The second-order valence-electron chi connectivity index (χ2n) is 8.36. The molecule has 4 rings (SSSR count). The molecule has 0 amide bonds. The van der Waals surface area contributed by atoms with E-state index < -0.39 is 0 Å². The van der Waals surface area contributed by atoms with E-state index in [1.807, 2.05) is 45.0 Å². The maximum atomic E-state index is 12.7. The van der Waals surface area contributed by atoms with Crippen LogP contribution in [0.3, 0.4) is 0 Å². The number of rotatable bonds is 4. The number of benzene rings is 1. The summed E-state index contributed by atoms with van der Waals surface area (Å²) in [4.78, 5) is 29.2. The van der Waals surface area contributed by atoms with Crippen LogP contribution in [0.25, 0.3) is 16.7 Å². The van der Waals surface area contributed by atoms with Crippen LogP contribution in [0, 0.1) is 5.41 Å². The Balaban J connectivity index is 1.72. The highest BCUT2D eigenvalue weighted by Gasteiger charge is 2.19. The molecule has 3 aromatic heterocycles. The zero-order valence-corrected chi connectivity index (χ0v) is 16.9. The van der Waals surface area contributed by atoms with Crippen molar-refractivity contribution in [3.05, 3.63) is 69.5 Å². The van der Waals surface area contributed by atoms with E-state index in [0.29, 0.717) is 24.1 Å². The molecule has 0 spiro atoms. The fourth-order valence-electron chi connectivity index (χ4n) is 3.28. The average Bonchev–Trinajstić information content (AvgIpc) is 3.34. The van der Waals surface area contributed by atoms with Gasteiger partial charge in [-0.15, -0.1) is 0 Å². The highest BCUT2D eigenvalue weighted by atomic mass is 16.2. The SMILES string of the molecule is Cn1c(=O)c2cn(Cc3ccc(-n4cncn4)cc3)nc2n(CC(C)(C)C)c1=O. The largest absolute Gasteiger partial charge is 0.332 e. The molecule has 150 valence electrons. The van der Waals surface area contributed by atoms with Crippen LogP contribution in [0.4, 0.5) is 0 Å². The minimum absolute atomic E-state index is 0.130. The van der Waals surface area contributed by atoms with E-state index in [-0.39, 0.29) is 16.7 Å². The van der Waals surface area contributed by atoms with Crippen molar-refractivity contribution in [3.63, 3.8) is 0 Å². The summed E-state index contributed by atoms with van der Waals surface area (Å²) in [7, 11) is 1.50. The second-order valence-corrected chi connectivity index (χ2v) is 8.36. The first kappa shape index (κ1) is 18.9. The van der Waals surface area contributed by atoms with Crippen LogP contribution in [0.1, 0.15) is 26.3 Å². The summed E-state index contributed by atoms with van der Waals surface area (Å²) in [5.74, 6) is 0. The lowest BCUT2D eigenvalue weighted by Gasteiger charge is -2.20. The molecule has 3 heterocycles. The first-order chi connectivity index (χ1) is 13.7. The van der Waals surface area contributed by atoms with Crippen LogP contribution in [0.2, 0.25) is 0 Å². The fraction of sp³-hybridized carbons (Fsp3) is 0.350. The van der Waals surface area contributed by atoms with Crippen LogP contribution in [-0.4, -0.2) is 33.7 Å². The number of hydrogen-bond donors (Lipinski definition) is 0. The van der Waals surface area contributed by atoms with Crippen LogP contribution < -0.4 is 11.2 Å². The summed E-state index contributed by atoms with van der Waals surface area (Å²) < 4.78 is 6.12. The van der Waals surface area contributed by atoms with Gasteiger partial charge in [0.25, 0.3) is 5.56 Å². The molecule has 29 heavy (non-hydrogen) atoms. The molecule has 0 atom stereocenters. The van der Waals surface area contributed by atoms with E-state index in [1.165, 1.54) is 13.4 Å². The molecular weight excluding hydrogens is 370 g/mol. The van der Waals surface area contributed by atoms with Crippen LogP contribution in [0.5, 0.6) is 0 Å². The Kier molecular flexibility index (Phi) is 4.45. The van der Waals surface area contributed by atoms with Gasteiger partial charge in [0, 0.05) is 19.8 Å². The van der Waals surface area contributed by atoms with Crippen LogP contribution in [0.15, 0.2) is 52.7 Å². The summed E-state index contributed by atoms with van der Waals surface area (Å²) in [6.07, 6.45) is 4.84. The van der Waals surface area contributed by atoms with Crippen molar-refractivity contribution in [2.75, 3.05) is 0 Å². The molecule has 0 saturated heterocycles. The highest BCUT2D eigenvalue weighted by Crippen LogP contribution is 2.18. The lowest BCUT2D eigenvalue weighted by Crippen LogP contribution is -2.39. The van der Waals surface area contributed by atoms with Crippen molar-refractivity contribution in [1.82, 2.24) is 33.7 Å². The first-order valence-electron chi connectivity index (χ1n) is 9.34. The molecule has 0 aliphatic rings. The number of hydrogen-bond acceptors (Lipinski definition) is 5. The van der Waals surface area contributed by atoms with E-state index in [9.17, 15) is 9.59 Å². The van der Waals surface area contributed by atoms with Gasteiger partial charge >= 0.3 is 5.69 Å². The molecular formula is C20H23N7O2. The molecule has 4 aromatic rings. The predicted molar refractivity (Wildman–Crippen MR) is 109 cm³/mol. The van der Waals surface area contributed by atoms with E-state index in [0.717, 1.165) is 15.8 Å². The van der Waals surface area contributed by atoms with Gasteiger partial charge in [0.05, 0.1) is 12.2 Å². The second kappa shape index (κ2) is 6.84. The Morgan fingerprint density at radius 2 is 1.79 bits per heavy atom. The lowest BCUT2D eigenvalue weighted by molar-refractivity contribution is 0.337. The summed E-state index contributed by atoms with van der Waals surface area (Å²) in [5, 5.41) is 9.12. The Morgan fingerprint density at radius 3 is 2.41 bits per heavy atom. The molecule has 1 aromatic carbocycles. The van der Waals surface area contributed by atoms with Crippen molar-refractivity contribution < 1.29 is 0 Å². The highest BCUT2D eigenvalue weighted by molar-refractivity contribution is 5.73. The van der Waals surface area contributed by atoms with Gasteiger partial charge in [-0.3, -0.25) is 18.6 Å². The van der Waals surface area contributed by atoms with Gasteiger partial charge in [0.2, 0.25) is 0 Å². The Morgan fingerprint density at radius 1 is 1.07 bits per heavy atom. The molecule has 0 aliphatic heterocycles. The Hall–Kier alpha value is -3.49. The Bertz CT molecular complexity index is 1270. The Labute approximate surface area is 166 Å². The number of aromatic nitrogens is 7. The molecule has 0 unspecified atom stereocenters. The molecule has 0 fully saturated rings. The van der Waals surface area contributed by atoms with Crippen molar-refractivity contribution in [2.45, 2.75) is 33.9 Å². The summed E-state index contributed by atoms with van der Waals surface area (Å²) >= 11 is 0. The third-order valence-electron chi connectivity index (χ3n) is 4.65. The molecule has 0 aliphatic carbocycles. The van der Waals surface area contributed by atoms with Gasteiger partial charge in [-0.2, -0.15) is 10.2 Å². The van der Waals surface area contributed by atoms with Crippen molar-refractivity contribution in [2.24, 2.45) is 12.5 Å². The van der Waals surface area contributed by atoms with Crippen molar-refractivity contribution in [1.29, 1.82) is 0 Å². The van der Waals surface area contributed by atoms with Crippen molar-refractivity contribution >= 4 is 11.0 Å². The van der Waals surface area contributed by atoms with Gasteiger partial charge in [0.15, 0.2) is 5.65 Å². The van der Waals surface area contributed by atoms with Gasteiger partial charge in [-0.05, 0) is 23.1 Å².